The highest BCUT2D eigenvalue weighted by Gasteiger charge is 2.18. The number of anilines is 1. The van der Waals surface area contributed by atoms with Gasteiger partial charge in [-0.1, -0.05) is 23.9 Å². The lowest BCUT2D eigenvalue weighted by Gasteiger charge is -2.11. The first kappa shape index (κ1) is 18.1. The van der Waals surface area contributed by atoms with Crippen molar-refractivity contribution in [3.63, 3.8) is 0 Å². The van der Waals surface area contributed by atoms with Crippen molar-refractivity contribution < 1.29 is 18.4 Å². The first-order chi connectivity index (χ1) is 12.3. The number of H-pyrrole nitrogens is 1. The van der Waals surface area contributed by atoms with E-state index in [1.807, 2.05) is 0 Å². The van der Waals surface area contributed by atoms with Gasteiger partial charge >= 0.3 is 0 Å². The normalized spacial score (nSPS) is 12.2. The lowest BCUT2D eigenvalue weighted by molar-refractivity contribution is -0.115. The summed E-state index contributed by atoms with van der Waals surface area (Å²) in [5, 5.41) is 2.59. The largest absolute Gasteiger partial charge is 0.333 e. The molecule has 3 rings (SSSR count). The van der Waals surface area contributed by atoms with Gasteiger partial charge < -0.3 is 10.3 Å². The number of aromatic nitrogens is 2. The molecule has 1 aromatic heterocycles. The summed E-state index contributed by atoms with van der Waals surface area (Å²) >= 11 is 1.13. The molecule has 1 unspecified atom stereocenters. The number of amides is 1. The number of hydrogen-bond donors (Lipinski definition) is 2. The van der Waals surface area contributed by atoms with E-state index in [2.05, 4.69) is 15.3 Å². The van der Waals surface area contributed by atoms with Crippen molar-refractivity contribution in [2.45, 2.75) is 24.3 Å². The minimum atomic E-state index is -0.975. The van der Waals surface area contributed by atoms with E-state index in [0.717, 1.165) is 23.9 Å². The SMILES string of the molecule is CC(=O)c1cccc(NC(=O)C(C)Sc2nc3cc(F)c(F)cc3[nH]2)c1. The molecule has 0 fully saturated rings. The molecule has 0 spiro atoms. The number of carbonyl (C=O) groups excluding carboxylic acids is 2. The first-order valence-electron chi connectivity index (χ1n) is 7.77. The number of aromatic amines is 1. The molecule has 0 bridgehead atoms. The van der Waals surface area contributed by atoms with E-state index < -0.39 is 16.9 Å². The van der Waals surface area contributed by atoms with Gasteiger partial charge in [-0.3, -0.25) is 9.59 Å². The number of hydrogen-bond acceptors (Lipinski definition) is 4. The topological polar surface area (TPSA) is 74.8 Å². The third-order valence-electron chi connectivity index (χ3n) is 3.70. The number of thioether (sulfide) groups is 1. The predicted octanol–water partition coefficient (Wildman–Crippen LogP) is 4.16. The van der Waals surface area contributed by atoms with Crippen LogP contribution in [0.1, 0.15) is 24.2 Å². The Hall–Kier alpha value is -2.74. The van der Waals surface area contributed by atoms with E-state index in [0.29, 0.717) is 21.9 Å². The van der Waals surface area contributed by atoms with Crippen molar-refractivity contribution in [3.8, 4) is 0 Å². The van der Waals surface area contributed by atoms with Crippen molar-refractivity contribution >= 4 is 40.2 Å². The highest BCUT2D eigenvalue weighted by atomic mass is 32.2. The van der Waals surface area contributed by atoms with Crippen LogP contribution >= 0.6 is 11.8 Å². The minimum absolute atomic E-state index is 0.0923. The van der Waals surface area contributed by atoms with Crippen LogP contribution in [-0.2, 0) is 4.79 Å². The van der Waals surface area contributed by atoms with Crippen molar-refractivity contribution in [2.24, 2.45) is 0 Å². The second-order valence-electron chi connectivity index (χ2n) is 5.71. The molecule has 8 heteroatoms. The van der Waals surface area contributed by atoms with Crippen LogP contribution in [0.25, 0.3) is 11.0 Å². The Balaban J connectivity index is 1.71. The molecule has 2 aromatic carbocycles. The molecule has 1 heterocycles. The number of fused-ring (bicyclic) bond motifs is 1. The molecule has 0 aliphatic rings. The molecule has 0 saturated heterocycles. The van der Waals surface area contributed by atoms with Gasteiger partial charge in [0.25, 0.3) is 0 Å². The molecule has 1 atom stereocenters. The summed E-state index contributed by atoms with van der Waals surface area (Å²) in [6.07, 6.45) is 0. The summed E-state index contributed by atoms with van der Waals surface area (Å²) in [6, 6.07) is 8.68. The molecule has 0 aliphatic heterocycles. The fourth-order valence-electron chi connectivity index (χ4n) is 2.32. The number of nitrogens with zero attached hydrogens (tertiary/aromatic N) is 1. The maximum absolute atomic E-state index is 13.3. The predicted molar refractivity (Wildman–Crippen MR) is 96.4 cm³/mol. The van der Waals surface area contributed by atoms with Crippen LogP contribution in [0.2, 0.25) is 0 Å². The van der Waals surface area contributed by atoms with E-state index in [4.69, 9.17) is 0 Å². The number of nitrogens with one attached hydrogen (secondary N) is 2. The Labute approximate surface area is 152 Å². The molecule has 0 saturated carbocycles. The van der Waals surface area contributed by atoms with Crippen molar-refractivity contribution in [3.05, 3.63) is 53.6 Å². The van der Waals surface area contributed by atoms with Gasteiger partial charge in [0.15, 0.2) is 22.6 Å². The second kappa shape index (κ2) is 7.25. The highest BCUT2D eigenvalue weighted by molar-refractivity contribution is 8.00. The summed E-state index contributed by atoms with van der Waals surface area (Å²) in [4.78, 5) is 30.8. The minimum Gasteiger partial charge on any atom is -0.333 e. The molecule has 0 aliphatic carbocycles. The Kier molecular flexibility index (Phi) is 5.03. The van der Waals surface area contributed by atoms with Crippen LogP contribution in [-0.4, -0.2) is 26.9 Å². The number of benzene rings is 2. The summed E-state index contributed by atoms with van der Waals surface area (Å²) in [5.74, 6) is -2.32. The Bertz CT molecular complexity index is 964. The van der Waals surface area contributed by atoms with Crippen LogP contribution in [0.15, 0.2) is 41.6 Å². The number of carbonyl (C=O) groups is 2. The van der Waals surface area contributed by atoms with Gasteiger partial charge in [-0.2, -0.15) is 0 Å². The smallest absolute Gasteiger partial charge is 0.237 e. The number of imidazole rings is 1. The fraction of sp³-hybridized carbons (Fsp3) is 0.167. The molecule has 3 aromatic rings. The molecular weight excluding hydrogens is 360 g/mol. The molecule has 26 heavy (non-hydrogen) atoms. The number of ketones is 1. The van der Waals surface area contributed by atoms with E-state index in [9.17, 15) is 18.4 Å². The van der Waals surface area contributed by atoms with Crippen molar-refractivity contribution in [1.29, 1.82) is 0 Å². The maximum Gasteiger partial charge on any atom is 0.237 e. The fourth-order valence-corrected chi connectivity index (χ4v) is 3.14. The van der Waals surface area contributed by atoms with Crippen molar-refractivity contribution in [1.82, 2.24) is 9.97 Å². The Morgan fingerprint density at radius 3 is 2.65 bits per heavy atom. The second-order valence-corrected chi connectivity index (χ2v) is 7.04. The summed E-state index contributed by atoms with van der Waals surface area (Å²) < 4.78 is 26.5. The number of Topliss-reactive ketones (excluding diaryl/α,β-unsaturated/α-hetero) is 1. The van der Waals surface area contributed by atoms with Crippen LogP contribution in [0, 0.1) is 11.6 Å². The van der Waals surface area contributed by atoms with Gasteiger partial charge in [0, 0.05) is 23.4 Å². The first-order valence-corrected chi connectivity index (χ1v) is 8.64. The standard InChI is InChI=1S/C18H15F2N3O2S/c1-9(24)11-4-3-5-12(6-11)21-17(25)10(2)26-18-22-15-7-13(19)14(20)8-16(15)23-18/h3-8,10H,1-2H3,(H,21,25)(H,22,23). The maximum atomic E-state index is 13.3. The average Bonchev–Trinajstić information content (AvgIpc) is 2.96. The number of halogens is 2. The highest BCUT2D eigenvalue weighted by Crippen LogP contribution is 2.25. The van der Waals surface area contributed by atoms with Crippen LogP contribution in [0.5, 0.6) is 0 Å². The van der Waals surface area contributed by atoms with Crippen molar-refractivity contribution in [2.75, 3.05) is 5.32 Å². The lowest BCUT2D eigenvalue weighted by atomic mass is 10.1. The van der Waals surface area contributed by atoms with Crippen LogP contribution < -0.4 is 5.32 Å². The molecule has 5 nitrogen and oxygen atoms in total. The molecular formula is C18H15F2N3O2S. The zero-order chi connectivity index (χ0) is 18.8. The van der Waals surface area contributed by atoms with Gasteiger partial charge in [-0.25, -0.2) is 13.8 Å². The summed E-state index contributed by atoms with van der Waals surface area (Å²) in [7, 11) is 0. The van der Waals surface area contributed by atoms with Gasteiger partial charge in [-0.15, -0.1) is 0 Å². The van der Waals surface area contributed by atoms with Gasteiger partial charge in [-0.05, 0) is 26.0 Å². The van der Waals surface area contributed by atoms with Gasteiger partial charge in [0.2, 0.25) is 5.91 Å². The molecule has 2 N–H and O–H groups in total. The summed E-state index contributed by atoms with van der Waals surface area (Å²) in [6.45, 7) is 3.13. The van der Waals surface area contributed by atoms with E-state index >= 15 is 0 Å². The lowest BCUT2D eigenvalue weighted by Crippen LogP contribution is -2.22. The third kappa shape index (κ3) is 3.91. The summed E-state index contributed by atoms with van der Waals surface area (Å²) in [5.41, 5.74) is 1.66. The van der Waals surface area contributed by atoms with E-state index in [-0.39, 0.29) is 17.2 Å². The van der Waals surface area contributed by atoms with Crippen LogP contribution in [0.4, 0.5) is 14.5 Å². The van der Waals surface area contributed by atoms with E-state index in [1.165, 1.54) is 6.92 Å². The third-order valence-corrected chi connectivity index (χ3v) is 4.68. The van der Waals surface area contributed by atoms with Gasteiger partial charge in [0.1, 0.15) is 0 Å². The molecule has 134 valence electrons. The number of rotatable bonds is 5. The Morgan fingerprint density at radius 2 is 1.92 bits per heavy atom. The van der Waals surface area contributed by atoms with Crippen LogP contribution in [0.3, 0.4) is 0 Å². The Morgan fingerprint density at radius 1 is 1.19 bits per heavy atom. The monoisotopic (exact) mass is 375 g/mol. The zero-order valence-corrected chi connectivity index (χ0v) is 14.8. The van der Waals surface area contributed by atoms with Gasteiger partial charge in [0.05, 0.1) is 16.3 Å². The quantitative estimate of drug-likeness (QED) is 0.519. The van der Waals surface area contributed by atoms with E-state index in [1.54, 1.807) is 31.2 Å². The molecule has 0 radical (unpaired) electrons. The molecule has 1 amide bonds. The average molecular weight is 375 g/mol. The zero-order valence-electron chi connectivity index (χ0n) is 14.0.